The van der Waals surface area contributed by atoms with Crippen LogP contribution in [0.15, 0.2) is 17.0 Å². The van der Waals surface area contributed by atoms with Crippen LogP contribution < -0.4 is 19.5 Å². The van der Waals surface area contributed by atoms with Crippen molar-refractivity contribution in [1.82, 2.24) is 5.32 Å². The fourth-order valence-electron chi connectivity index (χ4n) is 1.76. The van der Waals surface area contributed by atoms with Gasteiger partial charge in [-0.1, -0.05) is 24.0 Å². The third-order valence-electron chi connectivity index (χ3n) is 2.63. The van der Waals surface area contributed by atoms with Gasteiger partial charge in [-0.05, 0) is 23.8 Å². The Bertz CT molecular complexity index is 624. The van der Waals surface area contributed by atoms with Crippen LogP contribution in [-0.4, -0.2) is 31.1 Å². The summed E-state index contributed by atoms with van der Waals surface area (Å²) < 4.78 is 39.8. The molecular weight excluding hydrogens is 336 g/mol. The summed E-state index contributed by atoms with van der Waals surface area (Å²) in [6.07, 6.45) is 1.55. The van der Waals surface area contributed by atoms with Crippen molar-refractivity contribution in [3.8, 4) is 17.2 Å². The minimum Gasteiger partial charge on any atom is -0.493 e. The van der Waals surface area contributed by atoms with Crippen molar-refractivity contribution in [3.63, 3.8) is 0 Å². The van der Waals surface area contributed by atoms with Gasteiger partial charge in [0.15, 0.2) is 11.5 Å². The van der Waals surface area contributed by atoms with E-state index in [0.29, 0.717) is 14.8 Å². The first kappa shape index (κ1) is 16.5. The zero-order valence-corrected chi connectivity index (χ0v) is 13.1. The first-order chi connectivity index (χ1) is 10.4. The lowest BCUT2D eigenvalue weighted by Crippen LogP contribution is -2.17. The van der Waals surface area contributed by atoms with Crippen LogP contribution in [0.3, 0.4) is 0 Å². The SMILES string of the molecule is COc1cc(C=C2SC(=S)NC2=O)cc(OC)c1OC(F)F. The minimum absolute atomic E-state index is 0.0671. The zero-order chi connectivity index (χ0) is 16.3. The number of benzene rings is 1. The molecule has 1 saturated heterocycles. The summed E-state index contributed by atoms with van der Waals surface area (Å²) in [6, 6.07) is 2.92. The number of alkyl halides is 2. The molecule has 1 aliphatic heterocycles. The maximum absolute atomic E-state index is 12.5. The number of hydrogen-bond acceptors (Lipinski definition) is 6. The van der Waals surface area contributed by atoms with Gasteiger partial charge in [0.25, 0.3) is 5.91 Å². The highest BCUT2D eigenvalue weighted by atomic mass is 32.2. The molecular formula is C13H11F2NO4S2. The van der Waals surface area contributed by atoms with E-state index in [0.717, 1.165) is 11.8 Å². The molecule has 118 valence electrons. The molecule has 1 heterocycles. The average Bonchev–Trinajstić information content (AvgIpc) is 2.77. The number of nitrogens with one attached hydrogen (secondary N) is 1. The van der Waals surface area contributed by atoms with E-state index in [-0.39, 0.29) is 23.2 Å². The molecule has 1 amide bonds. The fourth-order valence-corrected chi connectivity index (χ4v) is 2.81. The van der Waals surface area contributed by atoms with Crippen LogP contribution in [0.4, 0.5) is 8.78 Å². The Hall–Kier alpha value is -1.87. The van der Waals surface area contributed by atoms with Crippen molar-refractivity contribution >= 4 is 40.3 Å². The van der Waals surface area contributed by atoms with Gasteiger partial charge >= 0.3 is 6.61 Å². The molecule has 9 heteroatoms. The van der Waals surface area contributed by atoms with E-state index in [1.54, 1.807) is 6.08 Å². The molecule has 0 saturated carbocycles. The molecule has 0 spiro atoms. The van der Waals surface area contributed by atoms with E-state index < -0.39 is 6.61 Å². The summed E-state index contributed by atoms with van der Waals surface area (Å²) in [5.74, 6) is -0.392. The Morgan fingerprint density at radius 2 is 1.86 bits per heavy atom. The Morgan fingerprint density at radius 3 is 2.27 bits per heavy atom. The molecule has 0 unspecified atom stereocenters. The summed E-state index contributed by atoms with van der Waals surface area (Å²) >= 11 is 6.00. The van der Waals surface area contributed by atoms with Gasteiger partial charge in [-0.3, -0.25) is 4.79 Å². The third-order valence-corrected chi connectivity index (χ3v) is 3.79. The summed E-state index contributed by atoms with van der Waals surface area (Å²) in [4.78, 5) is 12.0. The topological polar surface area (TPSA) is 56.8 Å². The normalized spacial score (nSPS) is 16.1. The van der Waals surface area contributed by atoms with Gasteiger partial charge in [0.1, 0.15) is 4.32 Å². The number of halogens is 2. The zero-order valence-electron chi connectivity index (χ0n) is 11.5. The fraction of sp³-hybridized carbons (Fsp3) is 0.231. The van der Waals surface area contributed by atoms with Crippen molar-refractivity contribution in [1.29, 1.82) is 0 Å². The predicted octanol–water partition coefficient (Wildman–Crippen LogP) is 2.79. The molecule has 0 bridgehead atoms. The van der Waals surface area contributed by atoms with Crippen LogP contribution in [0.5, 0.6) is 17.2 Å². The van der Waals surface area contributed by atoms with Gasteiger partial charge in [-0.2, -0.15) is 8.78 Å². The van der Waals surface area contributed by atoms with Crippen LogP contribution in [-0.2, 0) is 4.79 Å². The number of carbonyl (C=O) groups excluding carboxylic acids is 1. The molecule has 1 N–H and O–H groups in total. The first-order valence-electron chi connectivity index (χ1n) is 5.90. The Kier molecular flexibility index (Phi) is 5.19. The van der Waals surface area contributed by atoms with Crippen molar-refractivity contribution in [2.45, 2.75) is 6.61 Å². The Morgan fingerprint density at radius 1 is 1.27 bits per heavy atom. The molecule has 0 radical (unpaired) electrons. The second-order valence-corrected chi connectivity index (χ2v) is 5.70. The monoisotopic (exact) mass is 347 g/mol. The summed E-state index contributed by atoms with van der Waals surface area (Å²) in [6.45, 7) is -3.01. The van der Waals surface area contributed by atoms with Crippen LogP contribution in [0.2, 0.25) is 0 Å². The highest BCUT2D eigenvalue weighted by Gasteiger charge is 2.23. The number of thioether (sulfide) groups is 1. The molecule has 0 aromatic heterocycles. The van der Waals surface area contributed by atoms with Gasteiger partial charge in [0, 0.05) is 0 Å². The number of amides is 1. The predicted molar refractivity (Wildman–Crippen MR) is 82.5 cm³/mol. The van der Waals surface area contributed by atoms with Gasteiger partial charge in [0.2, 0.25) is 5.75 Å². The summed E-state index contributed by atoms with van der Waals surface area (Å²) in [7, 11) is 2.63. The molecule has 1 aromatic carbocycles. The average molecular weight is 347 g/mol. The van der Waals surface area contributed by atoms with Gasteiger partial charge < -0.3 is 19.5 Å². The standard InChI is InChI=1S/C13H11F2NO4S2/c1-18-7-3-6(5-9-11(17)16-13(21)22-9)4-8(19-2)10(7)20-12(14)15/h3-5,12H,1-2H3,(H,16,17,21). The molecule has 22 heavy (non-hydrogen) atoms. The van der Waals surface area contributed by atoms with Crippen molar-refractivity contribution in [3.05, 3.63) is 22.6 Å². The first-order valence-corrected chi connectivity index (χ1v) is 7.12. The van der Waals surface area contributed by atoms with Crippen molar-refractivity contribution < 1.29 is 27.8 Å². The lowest BCUT2D eigenvalue weighted by Gasteiger charge is -2.14. The number of thiocarbonyl (C=S) groups is 1. The van der Waals surface area contributed by atoms with E-state index in [1.807, 2.05) is 0 Å². The number of rotatable bonds is 5. The highest BCUT2D eigenvalue weighted by molar-refractivity contribution is 8.26. The van der Waals surface area contributed by atoms with Crippen LogP contribution in [0.25, 0.3) is 6.08 Å². The van der Waals surface area contributed by atoms with Crippen LogP contribution >= 0.6 is 24.0 Å². The molecule has 1 aromatic rings. The van der Waals surface area contributed by atoms with Gasteiger partial charge in [-0.15, -0.1) is 0 Å². The van der Waals surface area contributed by atoms with E-state index in [2.05, 4.69) is 10.1 Å². The molecule has 0 atom stereocenters. The molecule has 2 rings (SSSR count). The maximum Gasteiger partial charge on any atom is 0.387 e. The van der Waals surface area contributed by atoms with E-state index in [1.165, 1.54) is 26.4 Å². The Balaban J connectivity index is 2.44. The second kappa shape index (κ2) is 6.93. The van der Waals surface area contributed by atoms with Gasteiger partial charge in [-0.25, -0.2) is 0 Å². The molecule has 1 fully saturated rings. The third kappa shape index (κ3) is 3.66. The smallest absolute Gasteiger partial charge is 0.387 e. The van der Waals surface area contributed by atoms with Crippen LogP contribution in [0, 0.1) is 0 Å². The van der Waals surface area contributed by atoms with Crippen molar-refractivity contribution in [2.24, 2.45) is 0 Å². The minimum atomic E-state index is -3.01. The molecule has 5 nitrogen and oxygen atoms in total. The maximum atomic E-state index is 12.5. The lowest BCUT2D eigenvalue weighted by molar-refractivity contribution is -0.115. The van der Waals surface area contributed by atoms with E-state index in [4.69, 9.17) is 21.7 Å². The van der Waals surface area contributed by atoms with E-state index in [9.17, 15) is 13.6 Å². The van der Waals surface area contributed by atoms with Gasteiger partial charge in [0.05, 0.1) is 19.1 Å². The summed E-state index contributed by atoms with van der Waals surface area (Å²) in [5.41, 5.74) is 0.526. The number of methoxy groups -OCH3 is 2. The van der Waals surface area contributed by atoms with Crippen LogP contribution in [0.1, 0.15) is 5.56 Å². The number of hydrogen-bond donors (Lipinski definition) is 1. The largest absolute Gasteiger partial charge is 0.493 e. The Labute approximate surface area is 134 Å². The molecule has 0 aliphatic carbocycles. The quantitative estimate of drug-likeness (QED) is 0.653. The summed E-state index contributed by atoms with van der Waals surface area (Å²) in [5, 5.41) is 2.48. The number of carbonyl (C=O) groups is 1. The van der Waals surface area contributed by atoms with Crippen molar-refractivity contribution in [2.75, 3.05) is 14.2 Å². The lowest BCUT2D eigenvalue weighted by atomic mass is 10.1. The number of ether oxygens (including phenoxy) is 3. The highest BCUT2D eigenvalue weighted by Crippen LogP contribution is 2.40. The van der Waals surface area contributed by atoms with E-state index >= 15 is 0 Å². The molecule has 1 aliphatic rings. The second-order valence-electron chi connectivity index (χ2n) is 3.99.